The van der Waals surface area contributed by atoms with Crippen molar-refractivity contribution in [1.82, 2.24) is 4.98 Å². The minimum atomic E-state index is 0.457. The van der Waals surface area contributed by atoms with Crippen LogP contribution in [0.5, 0.6) is 0 Å². The summed E-state index contributed by atoms with van der Waals surface area (Å²) in [6.45, 7) is 2.52. The van der Waals surface area contributed by atoms with Crippen LogP contribution in [-0.2, 0) is 11.4 Å². The highest BCUT2D eigenvalue weighted by Gasteiger charge is 2.03. The largest absolute Gasteiger partial charge is 0.391 e. The van der Waals surface area contributed by atoms with Crippen molar-refractivity contribution in [2.45, 2.75) is 23.5 Å². The lowest BCUT2D eigenvalue weighted by atomic mass is 10.2. The summed E-state index contributed by atoms with van der Waals surface area (Å²) in [6.07, 6.45) is 3.50. The van der Waals surface area contributed by atoms with Gasteiger partial charge in [-0.3, -0.25) is 0 Å². The van der Waals surface area contributed by atoms with Crippen molar-refractivity contribution in [2.75, 3.05) is 0 Å². The third-order valence-electron chi connectivity index (χ3n) is 3.38. The molecule has 0 radical (unpaired) electrons. The number of nitrogens with zero attached hydrogens (tertiary/aromatic N) is 2. The molecule has 0 fully saturated rings. The Hall–Kier alpha value is -2.59. The fraction of sp³-hybridized carbons (Fsp3) is 0.100. The minimum absolute atomic E-state index is 0.457. The summed E-state index contributed by atoms with van der Waals surface area (Å²) in [7, 11) is 0. The molecule has 3 rings (SSSR count). The molecule has 120 valence electrons. The lowest BCUT2D eigenvalue weighted by Crippen LogP contribution is -1.92. The van der Waals surface area contributed by atoms with E-state index < -0.39 is 0 Å². The molecule has 0 aliphatic heterocycles. The fourth-order valence-corrected chi connectivity index (χ4v) is 2.95. The molecule has 0 saturated heterocycles. The second-order valence-corrected chi connectivity index (χ2v) is 6.37. The molecule has 0 spiro atoms. The molecule has 0 saturated carbocycles. The van der Waals surface area contributed by atoms with Gasteiger partial charge in [-0.25, -0.2) is 4.98 Å². The Labute approximate surface area is 146 Å². The van der Waals surface area contributed by atoms with E-state index in [1.807, 2.05) is 42.5 Å². The molecule has 0 N–H and O–H groups in total. The molecular weight excluding hydrogens is 316 g/mol. The molecule has 3 aromatic rings. The third-order valence-corrected chi connectivity index (χ3v) is 4.42. The van der Waals surface area contributed by atoms with Crippen LogP contribution in [-0.4, -0.2) is 11.2 Å². The van der Waals surface area contributed by atoms with E-state index in [0.717, 1.165) is 21.0 Å². The van der Waals surface area contributed by atoms with Gasteiger partial charge in [0.2, 0.25) is 0 Å². The molecule has 2 aromatic carbocycles. The lowest BCUT2D eigenvalue weighted by Gasteiger charge is -2.04. The van der Waals surface area contributed by atoms with Gasteiger partial charge in [0.25, 0.3) is 0 Å². The summed E-state index contributed by atoms with van der Waals surface area (Å²) in [5.74, 6) is 0. The van der Waals surface area contributed by atoms with Gasteiger partial charge in [0.15, 0.2) is 0 Å². The van der Waals surface area contributed by atoms with E-state index >= 15 is 0 Å². The van der Waals surface area contributed by atoms with Crippen LogP contribution in [0.4, 0.5) is 0 Å². The molecule has 0 unspecified atom stereocenters. The summed E-state index contributed by atoms with van der Waals surface area (Å²) in [6, 6.07) is 22.3. The van der Waals surface area contributed by atoms with E-state index in [2.05, 4.69) is 41.3 Å². The van der Waals surface area contributed by atoms with E-state index in [0.29, 0.717) is 6.61 Å². The fourth-order valence-electron chi connectivity index (χ4n) is 2.08. The van der Waals surface area contributed by atoms with Gasteiger partial charge in [-0.05, 0) is 36.8 Å². The smallest absolute Gasteiger partial charge is 0.142 e. The highest BCUT2D eigenvalue weighted by atomic mass is 32.2. The zero-order valence-electron chi connectivity index (χ0n) is 13.4. The van der Waals surface area contributed by atoms with Gasteiger partial charge in [0.1, 0.15) is 11.6 Å². The summed E-state index contributed by atoms with van der Waals surface area (Å²) in [4.78, 5) is 11.0. The highest BCUT2D eigenvalue weighted by molar-refractivity contribution is 7.99. The maximum atomic E-state index is 5.40. The van der Waals surface area contributed by atoms with Crippen LogP contribution in [0.3, 0.4) is 0 Å². The van der Waals surface area contributed by atoms with E-state index in [9.17, 15) is 0 Å². The number of aryl methyl sites for hydroxylation is 1. The first-order valence-electron chi connectivity index (χ1n) is 7.70. The van der Waals surface area contributed by atoms with Crippen molar-refractivity contribution in [3.05, 3.63) is 89.6 Å². The summed E-state index contributed by atoms with van der Waals surface area (Å²) < 4.78 is 0. The summed E-state index contributed by atoms with van der Waals surface area (Å²) in [5.41, 5.74) is 3.28. The van der Waals surface area contributed by atoms with Gasteiger partial charge in [0.05, 0.1) is 6.21 Å². The Balaban J connectivity index is 1.63. The Bertz CT molecular complexity index is 801. The number of oxime groups is 1. The topological polar surface area (TPSA) is 34.5 Å². The molecule has 0 amide bonds. The molecule has 3 nitrogen and oxygen atoms in total. The molecule has 1 heterocycles. The highest BCUT2D eigenvalue weighted by Crippen LogP contribution is 2.27. The summed E-state index contributed by atoms with van der Waals surface area (Å²) in [5, 5.41) is 4.99. The number of benzene rings is 2. The van der Waals surface area contributed by atoms with Crippen LogP contribution in [0, 0.1) is 6.92 Å². The predicted molar refractivity (Wildman–Crippen MR) is 98.4 cm³/mol. The molecule has 4 heteroatoms. The minimum Gasteiger partial charge on any atom is -0.391 e. The Kier molecular flexibility index (Phi) is 5.64. The first-order chi connectivity index (χ1) is 11.8. The average molecular weight is 334 g/mol. The van der Waals surface area contributed by atoms with Crippen LogP contribution in [0.25, 0.3) is 0 Å². The van der Waals surface area contributed by atoms with Crippen LogP contribution >= 0.6 is 11.8 Å². The van der Waals surface area contributed by atoms with E-state index in [1.54, 1.807) is 24.2 Å². The van der Waals surface area contributed by atoms with Crippen molar-refractivity contribution >= 4 is 18.0 Å². The normalized spacial score (nSPS) is 10.9. The molecule has 0 atom stereocenters. The number of pyridine rings is 1. The number of rotatable bonds is 6. The van der Waals surface area contributed by atoms with Crippen LogP contribution in [0.2, 0.25) is 0 Å². The van der Waals surface area contributed by atoms with E-state index in [4.69, 9.17) is 4.84 Å². The van der Waals surface area contributed by atoms with Crippen LogP contribution < -0.4 is 0 Å². The Morgan fingerprint density at radius 3 is 2.58 bits per heavy atom. The van der Waals surface area contributed by atoms with Gasteiger partial charge < -0.3 is 4.84 Å². The second-order valence-electron chi connectivity index (χ2n) is 5.31. The number of aromatic nitrogens is 1. The second kappa shape index (κ2) is 8.31. The van der Waals surface area contributed by atoms with Crippen molar-refractivity contribution in [2.24, 2.45) is 5.16 Å². The molecular formula is C20H18N2OS. The van der Waals surface area contributed by atoms with Gasteiger partial charge in [0, 0.05) is 16.7 Å². The van der Waals surface area contributed by atoms with E-state index in [1.165, 1.54) is 5.56 Å². The first-order valence-corrected chi connectivity index (χ1v) is 8.52. The summed E-state index contributed by atoms with van der Waals surface area (Å²) >= 11 is 1.61. The van der Waals surface area contributed by atoms with Crippen LogP contribution in [0.1, 0.15) is 16.7 Å². The third kappa shape index (κ3) is 4.70. The standard InChI is InChI=1S/C20H18N2OS/c1-16-9-11-17(12-10-16)15-23-22-14-18-6-5-13-21-20(18)24-19-7-3-2-4-8-19/h2-14H,15H2,1H3/b22-14+. The predicted octanol–water partition coefficient (Wildman–Crippen LogP) is 5.09. The quantitative estimate of drug-likeness (QED) is 0.465. The van der Waals surface area contributed by atoms with E-state index in [-0.39, 0.29) is 0 Å². The zero-order valence-corrected chi connectivity index (χ0v) is 14.2. The van der Waals surface area contributed by atoms with Gasteiger partial charge >= 0.3 is 0 Å². The van der Waals surface area contributed by atoms with Crippen molar-refractivity contribution in [3.8, 4) is 0 Å². The molecule has 24 heavy (non-hydrogen) atoms. The average Bonchev–Trinajstić information content (AvgIpc) is 2.62. The zero-order chi connectivity index (χ0) is 16.6. The molecule has 0 aliphatic rings. The van der Waals surface area contributed by atoms with Crippen molar-refractivity contribution in [1.29, 1.82) is 0 Å². The Morgan fingerprint density at radius 1 is 1.00 bits per heavy atom. The number of hydrogen-bond donors (Lipinski definition) is 0. The maximum Gasteiger partial charge on any atom is 0.142 e. The molecule has 0 aliphatic carbocycles. The number of hydrogen-bond acceptors (Lipinski definition) is 4. The van der Waals surface area contributed by atoms with Gasteiger partial charge in [-0.15, -0.1) is 0 Å². The lowest BCUT2D eigenvalue weighted by molar-refractivity contribution is 0.132. The molecule has 0 bridgehead atoms. The Morgan fingerprint density at radius 2 is 1.79 bits per heavy atom. The first kappa shape index (κ1) is 16.3. The van der Waals surface area contributed by atoms with Crippen LogP contribution in [0.15, 0.2) is 88.0 Å². The van der Waals surface area contributed by atoms with Gasteiger partial charge in [-0.1, -0.05) is 64.9 Å². The SMILES string of the molecule is Cc1ccc(CO/N=C/c2cccnc2Sc2ccccc2)cc1. The van der Waals surface area contributed by atoms with Crippen molar-refractivity contribution < 1.29 is 4.84 Å². The monoisotopic (exact) mass is 334 g/mol. The maximum absolute atomic E-state index is 5.40. The molecule has 1 aromatic heterocycles. The van der Waals surface area contributed by atoms with Crippen molar-refractivity contribution in [3.63, 3.8) is 0 Å². The van der Waals surface area contributed by atoms with Gasteiger partial charge in [-0.2, -0.15) is 0 Å².